The fourth-order valence-corrected chi connectivity index (χ4v) is 2.44. The molecular weight excluding hydrogens is 232 g/mol. The van der Waals surface area contributed by atoms with Crippen LogP contribution in [0.25, 0.3) is 0 Å². The van der Waals surface area contributed by atoms with Crippen LogP contribution >= 0.6 is 15.9 Å². The van der Waals surface area contributed by atoms with Gasteiger partial charge in [0.25, 0.3) is 0 Å². The van der Waals surface area contributed by atoms with Crippen LogP contribution in [0.3, 0.4) is 0 Å². The normalized spacial score (nSPS) is 19.9. The smallest absolute Gasteiger partial charge is 0.340 e. The lowest BCUT2D eigenvalue weighted by molar-refractivity contribution is 0.0530. The minimum absolute atomic E-state index is 0.233. The lowest BCUT2D eigenvalue weighted by Gasteiger charge is -2.05. The topological polar surface area (TPSA) is 26.3 Å². The summed E-state index contributed by atoms with van der Waals surface area (Å²) in [6.07, 6.45) is 0. The Morgan fingerprint density at radius 1 is 1.38 bits per heavy atom. The number of ether oxygens (including phenoxy) is 1. The molecular formula is C10H9BrO2. The van der Waals surface area contributed by atoms with Crippen LogP contribution in [-0.4, -0.2) is 5.97 Å². The van der Waals surface area contributed by atoms with Crippen molar-refractivity contribution in [2.45, 2.75) is 18.9 Å². The molecule has 0 radical (unpaired) electrons. The Hall–Kier alpha value is -0.830. The van der Waals surface area contributed by atoms with Crippen molar-refractivity contribution >= 4 is 21.9 Å². The van der Waals surface area contributed by atoms with Gasteiger partial charge in [-0.25, -0.2) is 4.79 Å². The molecule has 3 heteroatoms. The number of rotatable bonds is 0. The minimum Gasteiger partial charge on any atom is -0.442 e. The van der Waals surface area contributed by atoms with E-state index in [1.807, 2.05) is 19.9 Å². The number of cyclic esters (lactones) is 1. The molecule has 1 unspecified atom stereocenters. The zero-order valence-electron chi connectivity index (χ0n) is 7.43. The number of esters is 1. The highest BCUT2D eigenvalue weighted by Gasteiger charge is 2.30. The number of aryl methyl sites for hydroxylation is 2. The third kappa shape index (κ3) is 1.27. The molecule has 1 atom stereocenters. The van der Waals surface area contributed by atoms with E-state index in [0.29, 0.717) is 5.56 Å². The zero-order valence-corrected chi connectivity index (χ0v) is 9.01. The highest BCUT2D eigenvalue weighted by molar-refractivity contribution is 9.09. The summed E-state index contributed by atoms with van der Waals surface area (Å²) in [5.41, 5.74) is 3.85. The average molecular weight is 241 g/mol. The van der Waals surface area contributed by atoms with Gasteiger partial charge in [-0.15, -0.1) is 0 Å². The Kier molecular flexibility index (Phi) is 1.91. The number of hydrogen-bond donors (Lipinski definition) is 0. The van der Waals surface area contributed by atoms with E-state index in [9.17, 15) is 4.79 Å². The van der Waals surface area contributed by atoms with Crippen molar-refractivity contribution in [2.24, 2.45) is 0 Å². The van der Waals surface area contributed by atoms with Crippen molar-refractivity contribution in [3.8, 4) is 0 Å². The minimum atomic E-state index is -0.268. The van der Waals surface area contributed by atoms with Gasteiger partial charge in [0.2, 0.25) is 0 Å². The lowest BCUT2D eigenvalue weighted by Crippen LogP contribution is -1.94. The molecule has 1 heterocycles. The summed E-state index contributed by atoms with van der Waals surface area (Å²) in [7, 11) is 0. The average Bonchev–Trinajstić information content (AvgIpc) is 2.27. The lowest BCUT2D eigenvalue weighted by atomic mass is 10.0. The number of benzene rings is 1. The number of carbonyl (C=O) groups is 1. The molecule has 1 aliphatic rings. The van der Waals surface area contributed by atoms with Gasteiger partial charge in [-0.2, -0.15) is 0 Å². The van der Waals surface area contributed by atoms with Gasteiger partial charge in [-0.1, -0.05) is 6.07 Å². The summed E-state index contributed by atoms with van der Waals surface area (Å²) in [6, 6.07) is 3.92. The van der Waals surface area contributed by atoms with Crippen molar-refractivity contribution in [3.05, 3.63) is 34.4 Å². The monoisotopic (exact) mass is 240 g/mol. The van der Waals surface area contributed by atoms with Crippen LogP contribution in [0.1, 0.15) is 32.1 Å². The van der Waals surface area contributed by atoms with Crippen molar-refractivity contribution in [3.63, 3.8) is 0 Å². The highest BCUT2D eigenvalue weighted by Crippen LogP contribution is 2.37. The second-order valence-corrected chi connectivity index (χ2v) is 4.10. The molecule has 0 bridgehead atoms. The predicted octanol–water partition coefficient (Wildman–Crippen LogP) is 2.87. The maximum absolute atomic E-state index is 11.3. The van der Waals surface area contributed by atoms with Crippen molar-refractivity contribution in [1.82, 2.24) is 0 Å². The van der Waals surface area contributed by atoms with Gasteiger partial charge in [-0.05, 0) is 47.0 Å². The van der Waals surface area contributed by atoms with Crippen molar-refractivity contribution in [1.29, 1.82) is 0 Å². The summed E-state index contributed by atoms with van der Waals surface area (Å²) in [6.45, 7) is 3.96. The van der Waals surface area contributed by atoms with Gasteiger partial charge in [0, 0.05) is 5.56 Å². The molecule has 1 aromatic rings. The van der Waals surface area contributed by atoms with Gasteiger partial charge in [0.1, 0.15) is 0 Å². The first kappa shape index (κ1) is 8.75. The fraction of sp³-hybridized carbons (Fsp3) is 0.300. The Balaban J connectivity index is 2.69. The molecule has 2 rings (SSSR count). The van der Waals surface area contributed by atoms with E-state index in [4.69, 9.17) is 4.74 Å². The molecule has 13 heavy (non-hydrogen) atoms. The van der Waals surface area contributed by atoms with Crippen LogP contribution in [0.4, 0.5) is 0 Å². The van der Waals surface area contributed by atoms with E-state index in [0.717, 1.165) is 16.7 Å². The van der Waals surface area contributed by atoms with Crippen LogP contribution in [0, 0.1) is 13.8 Å². The number of carbonyl (C=O) groups excluding carboxylic acids is 1. The first-order valence-electron chi connectivity index (χ1n) is 4.06. The maximum atomic E-state index is 11.3. The second kappa shape index (κ2) is 2.84. The standard InChI is InChI=1S/C10H9BrO2/c1-5-3-6(2)8-7(4-5)10(12)13-9(8)11/h3-4,9H,1-2H3. The molecule has 0 aromatic heterocycles. The van der Waals surface area contributed by atoms with Gasteiger partial charge < -0.3 is 4.74 Å². The molecule has 0 fully saturated rings. The number of hydrogen-bond acceptors (Lipinski definition) is 2. The Morgan fingerprint density at radius 2 is 2.08 bits per heavy atom. The van der Waals surface area contributed by atoms with Crippen LogP contribution in [0.15, 0.2) is 12.1 Å². The molecule has 0 N–H and O–H groups in total. The molecule has 0 saturated heterocycles. The molecule has 1 aliphatic heterocycles. The SMILES string of the molecule is Cc1cc(C)c2c(c1)C(=O)OC2Br. The van der Waals surface area contributed by atoms with Crippen LogP contribution < -0.4 is 0 Å². The molecule has 1 aromatic carbocycles. The summed E-state index contributed by atoms with van der Waals surface area (Å²) in [4.78, 5) is 11.3. The van der Waals surface area contributed by atoms with Crippen LogP contribution in [-0.2, 0) is 4.74 Å². The Bertz CT molecular complexity index is 385. The first-order valence-corrected chi connectivity index (χ1v) is 4.97. The van der Waals surface area contributed by atoms with Gasteiger partial charge in [0.05, 0.1) is 5.56 Å². The van der Waals surface area contributed by atoms with E-state index < -0.39 is 0 Å². The summed E-state index contributed by atoms with van der Waals surface area (Å²) >= 11 is 3.31. The Morgan fingerprint density at radius 3 is 2.77 bits per heavy atom. The zero-order chi connectivity index (χ0) is 9.59. The molecule has 0 amide bonds. The molecule has 0 saturated carbocycles. The molecule has 2 nitrogen and oxygen atoms in total. The quantitative estimate of drug-likeness (QED) is 0.515. The number of alkyl halides is 1. The largest absolute Gasteiger partial charge is 0.442 e. The number of fused-ring (bicyclic) bond motifs is 1. The van der Waals surface area contributed by atoms with E-state index in [-0.39, 0.29) is 11.0 Å². The predicted molar refractivity (Wildman–Crippen MR) is 53.0 cm³/mol. The van der Waals surface area contributed by atoms with Crippen molar-refractivity contribution in [2.75, 3.05) is 0 Å². The summed E-state index contributed by atoms with van der Waals surface area (Å²) in [5.74, 6) is -0.233. The Labute approximate surface area is 85.0 Å². The van der Waals surface area contributed by atoms with Gasteiger partial charge >= 0.3 is 5.97 Å². The van der Waals surface area contributed by atoms with Crippen molar-refractivity contribution < 1.29 is 9.53 Å². The summed E-state index contributed by atoms with van der Waals surface area (Å²) < 4.78 is 5.05. The third-order valence-electron chi connectivity index (χ3n) is 2.19. The molecule has 68 valence electrons. The highest BCUT2D eigenvalue weighted by atomic mass is 79.9. The van der Waals surface area contributed by atoms with E-state index >= 15 is 0 Å². The van der Waals surface area contributed by atoms with E-state index in [1.165, 1.54) is 0 Å². The molecule has 0 aliphatic carbocycles. The van der Waals surface area contributed by atoms with Gasteiger partial charge in [0.15, 0.2) is 5.01 Å². The van der Waals surface area contributed by atoms with Crippen LogP contribution in [0.2, 0.25) is 0 Å². The van der Waals surface area contributed by atoms with Gasteiger partial charge in [-0.3, -0.25) is 0 Å². The molecule has 0 spiro atoms. The number of halogens is 1. The second-order valence-electron chi connectivity index (χ2n) is 3.26. The maximum Gasteiger partial charge on any atom is 0.340 e. The fourth-order valence-electron chi connectivity index (χ4n) is 1.67. The summed E-state index contributed by atoms with van der Waals surface area (Å²) in [5, 5.41) is -0.268. The first-order chi connectivity index (χ1) is 6.09. The van der Waals surface area contributed by atoms with E-state index in [1.54, 1.807) is 0 Å². The van der Waals surface area contributed by atoms with E-state index in [2.05, 4.69) is 22.0 Å². The third-order valence-corrected chi connectivity index (χ3v) is 2.83. The van der Waals surface area contributed by atoms with Crippen LogP contribution in [0.5, 0.6) is 0 Å².